The summed E-state index contributed by atoms with van der Waals surface area (Å²) < 4.78 is 42.6. The second-order valence-electron chi connectivity index (χ2n) is 3.68. The Hall–Kier alpha value is -0.560. The quantitative estimate of drug-likeness (QED) is 0.547. The maximum atomic E-state index is 12.6. The average molecular weight is 404 g/mol. The van der Waals surface area contributed by atoms with Crippen LogP contribution in [0.15, 0.2) is 24.3 Å². The van der Waals surface area contributed by atoms with Crippen LogP contribution in [0, 0.1) is 0 Å². The Morgan fingerprint density at radius 1 is 1.37 bits per heavy atom. The third-order valence-corrected chi connectivity index (χ3v) is 4.97. The Kier molecular flexibility index (Phi) is 5.85. The number of carbonyl (C=O) groups excluding carboxylic acids is 1. The molecule has 1 aromatic rings. The standard InChI is InChI=1S/C12H11Br2F3O2/c1-2-19-11(18)10(14)9(13)7-4-3-5-8(6-7)12(15,16)17/h3-6,9-10H,2H2,1H3. The number of esters is 1. The fourth-order valence-corrected chi connectivity index (χ4v) is 2.33. The number of benzene rings is 1. The number of carbonyl (C=O) groups is 1. The van der Waals surface area contributed by atoms with Crippen molar-refractivity contribution in [2.24, 2.45) is 0 Å². The molecule has 19 heavy (non-hydrogen) atoms. The van der Waals surface area contributed by atoms with E-state index in [2.05, 4.69) is 31.9 Å². The molecule has 0 heterocycles. The molecule has 0 aromatic heterocycles. The van der Waals surface area contributed by atoms with Gasteiger partial charge in [-0.3, -0.25) is 4.79 Å². The van der Waals surface area contributed by atoms with Gasteiger partial charge in [0.15, 0.2) is 0 Å². The first kappa shape index (κ1) is 16.5. The van der Waals surface area contributed by atoms with Gasteiger partial charge in [0.05, 0.1) is 17.0 Å². The number of alkyl halides is 5. The van der Waals surface area contributed by atoms with Crippen molar-refractivity contribution < 1.29 is 22.7 Å². The maximum absolute atomic E-state index is 12.6. The lowest BCUT2D eigenvalue weighted by atomic mass is 10.1. The Bertz CT molecular complexity index is 449. The number of rotatable bonds is 4. The highest BCUT2D eigenvalue weighted by atomic mass is 79.9. The lowest BCUT2D eigenvalue weighted by Crippen LogP contribution is -2.22. The van der Waals surface area contributed by atoms with Crippen LogP contribution in [0.4, 0.5) is 13.2 Å². The Labute approximate surface area is 125 Å². The van der Waals surface area contributed by atoms with Crippen LogP contribution in [0.1, 0.15) is 22.9 Å². The minimum absolute atomic E-state index is 0.212. The fourth-order valence-electron chi connectivity index (χ4n) is 1.40. The van der Waals surface area contributed by atoms with Gasteiger partial charge in [-0.1, -0.05) is 50.1 Å². The smallest absolute Gasteiger partial charge is 0.416 e. The highest BCUT2D eigenvalue weighted by Gasteiger charge is 2.32. The molecule has 0 amide bonds. The Balaban J connectivity index is 2.94. The first-order valence-corrected chi connectivity index (χ1v) is 7.22. The third kappa shape index (κ3) is 4.49. The van der Waals surface area contributed by atoms with E-state index in [9.17, 15) is 18.0 Å². The van der Waals surface area contributed by atoms with Gasteiger partial charge in [-0.05, 0) is 18.6 Å². The molecule has 1 aromatic carbocycles. The van der Waals surface area contributed by atoms with Crippen molar-refractivity contribution >= 4 is 37.8 Å². The summed E-state index contributed by atoms with van der Waals surface area (Å²) in [6, 6.07) is 4.81. The minimum Gasteiger partial charge on any atom is -0.465 e. The van der Waals surface area contributed by atoms with Crippen LogP contribution >= 0.6 is 31.9 Å². The zero-order chi connectivity index (χ0) is 14.6. The molecule has 2 atom stereocenters. The fraction of sp³-hybridized carbons (Fsp3) is 0.417. The van der Waals surface area contributed by atoms with E-state index in [0.29, 0.717) is 5.56 Å². The van der Waals surface area contributed by atoms with Crippen LogP contribution < -0.4 is 0 Å². The van der Waals surface area contributed by atoms with Gasteiger partial charge in [-0.25, -0.2) is 0 Å². The van der Waals surface area contributed by atoms with E-state index >= 15 is 0 Å². The molecule has 0 radical (unpaired) electrons. The van der Waals surface area contributed by atoms with Crippen molar-refractivity contribution in [1.82, 2.24) is 0 Å². The van der Waals surface area contributed by atoms with Gasteiger partial charge < -0.3 is 4.74 Å². The molecule has 0 N–H and O–H groups in total. The molecule has 0 spiro atoms. The molecule has 0 saturated carbocycles. The van der Waals surface area contributed by atoms with Crippen LogP contribution in [0.5, 0.6) is 0 Å². The van der Waals surface area contributed by atoms with Crippen LogP contribution in [-0.2, 0) is 15.7 Å². The minimum atomic E-state index is -4.41. The normalized spacial score (nSPS) is 14.8. The molecule has 2 nitrogen and oxygen atoms in total. The second-order valence-corrected chi connectivity index (χ2v) is 5.65. The maximum Gasteiger partial charge on any atom is 0.416 e. The SMILES string of the molecule is CCOC(=O)C(Br)C(Br)c1cccc(C(F)(F)F)c1. The van der Waals surface area contributed by atoms with Crippen molar-refractivity contribution in [2.45, 2.75) is 22.8 Å². The van der Waals surface area contributed by atoms with Crippen molar-refractivity contribution in [3.8, 4) is 0 Å². The van der Waals surface area contributed by atoms with Gasteiger partial charge in [0.2, 0.25) is 0 Å². The molecule has 0 fully saturated rings. The van der Waals surface area contributed by atoms with Crippen molar-refractivity contribution in [2.75, 3.05) is 6.61 Å². The summed E-state index contributed by atoms with van der Waals surface area (Å²) in [6.45, 7) is 1.87. The monoisotopic (exact) mass is 402 g/mol. The predicted molar refractivity (Wildman–Crippen MR) is 72.5 cm³/mol. The van der Waals surface area contributed by atoms with Crippen LogP contribution in [-0.4, -0.2) is 17.4 Å². The van der Waals surface area contributed by atoms with Crippen LogP contribution in [0.2, 0.25) is 0 Å². The molecule has 106 valence electrons. The van der Waals surface area contributed by atoms with Gasteiger partial charge in [0.25, 0.3) is 0 Å². The third-order valence-electron chi connectivity index (χ3n) is 2.30. The van der Waals surface area contributed by atoms with Crippen LogP contribution in [0.25, 0.3) is 0 Å². The molecule has 2 unspecified atom stereocenters. The van der Waals surface area contributed by atoms with Crippen molar-refractivity contribution in [3.63, 3.8) is 0 Å². The van der Waals surface area contributed by atoms with E-state index < -0.39 is 27.4 Å². The van der Waals surface area contributed by atoms with E-state index in [-0.39, 0.29) is 6.61 Å². The first-order valence-electron chi connectivity index (χ1n) is 5.39. The molecule has 0 aliphatic heterocycles. The largest absolute Gasteiger partial charge is 0.465 e. The highest BCUT2D eigenvalue weighted by molar-refractivity contribution is 9.12. The summed E-state index contributed by atoms with van der Waals surface area (Å²) in [6.07, 6.45) is -4.41. The lowest BCUT2D eigenvalue weighted by Gasteiger charge is -2.17. The van der Waals surface area contributed by atoms with E-state index in [1.54, 1.807) is 6.92 Å². The summed E-state index contributed by atoms with van der Waals surface area (Å²) >= 11 is 6.33. The van der Waals surface area contributed by atoms with Gasteiger partial charge in [0.1, 0.15) is 4.83 Å². The van der Waals surface area contributed by atoms with Gasteiger partial charge in [-0.15, -0.1) is 0 Å². The lowest BCUT2D eigenvalue weighted by molar-refractivity contribution is -0.142. The number of ether oxygens (including phenoxy) is 1. The molecular formula is C12H11Br2F3O2. The topological polar surface area (TPSA) is 26.3 Å². The summed E-state index contributed by atoms with van der Waals surface area (Å²) in [5, 5.41) is 0. The van der Waals surface area contributed by atoms with E-state index in [0.717, 1.165) is 12.1 Å². The summed E-state index contributed by atoms with van der Waals surface area (Å²) in [7, 11) is 0. The number of hydrogen-bond donors (Lipinski definition) is 0. The molecule has 0 bridgehead atoms. The molecule has 1 rings (SSSR count). The zero-order valence-corrected chi connectivity index (χ0v) is 13.0. The van der Waals surface area contributed by atoms with Gasteiger partial charge in [0, 0.05) is 0 Å². The van der Waals surface area contributed by atoms with Crippen molar-refractivity contribution in [1.29, 1.82) is 0 Å². The zero-order valence-electron chi connectivity index (χ0n) is 9.88. The summed E-state index contributed by atoms with van der Waals surface area (Å²) in [5.74, 6) is -0.526. The average Bonchev–Trinajstić information content (AvgIpc) is 2.36. The number of hydrogen-bond acceptors (Lipinski definition) is 2. The van der Waals surface area contributed by atoms with E-state index in [4.69, 9.17) is 4.74 Å². The highest BCUT2D eigenvalue weighted by Crippen LogP contribution is 2.36. The van der Waals surface area contributed by atoms with Gasteiger partial charge in [-0.2, -0.15) is 13.2 Å². The molecule has 7 heteroatoms. The second kappa shape index (κ2) is 6.74. The Morgan fingerprint density at radius 2 is 2.00 bits per heavy atom. The molecule has 0 saturated heterocycles. The van der Waals surface area contributed by atoms with E-state index in [1.807, 2.05) is 0 Å². The molecular weight excluding hydrogens is 393 g/mol. The summed E-state index contributed by atoms with van der Waals surface area (Å²) in [4.78, 5) is 10.2. The van der Waals surface area contributed by atoms with Gasteiger partial charge >= 0.3 is 12.1 Å². The van der Waals surface area contributed by atoms with E-state index in [1.165, 1.54) is 12.1 Å². The van der Waals surface area contributed by atoms with Crippen LogP contribution in [0.3, 0.4) is 0 Å². The van der Waals surface area contributed by atoms with Crippen molar-refractivity contribution in [3.05, 3.63) is 35.4 Å². The Morgan fingerprint density at radius 3 is 2.53 bits per heavy atom. The summed E-state index contributed by atoms with van der Waals surface area (Å²) in [5.41, 5.74) is -0.400. The first-order chi connectivity index (χ1) is 8.77. The molecule has 0 aliphatic carbocycles. The predicted octanol–water partition coefficient (Wildman–Crippen LogP) is 4.47. The molecule has 0 aliphatic rings. The number of halogens is 5.